The van der Waals surface area contributed by atoms with Gasteiger partial charge in [0, 0.05) is 41.4 Å². The molecule has 1 N–H and O–H groups in total. The van der Waals surface area contributed by atoms with Crippen molar-refractivity contribution in [2.24, 2.45) is 0 Å². The summed E-state index contributed by atoms with van der Waals surface area (Å²) in [6.45, 7) is 0.634. The molecule has 0 saturated carbocycles. The fraction of sp³-hybridized carbons (Fsp3) is 0.0476. The molecule has 0 spiro atoms. The SMILES string of the molecule is O=C(Nc1cn(Cc2cccc(Cl)c2)cn1)c1ccc(-n2cccc2)cc1. The van der Waals surface area contributed by atoms with E-state index >= 15 is 0 Å². The van der Waals surface area contributed by atoms with Crippen molar-refractivity contribution in [3.05, 3.63) is 102 Å². The first-order valence-electron chi connectivity index (χ1n) is 8.48. The average molecular weight is 377 g/mol. The van der Waals surface area contributed by atoms with Crippen LogP contribution >= 0.6 is 11.6 Å². The highest BCUT2D eigenvalue weighted by Gasteiger charge is 2.08. The van der Waals surface area contributed by atoms with Crippen LogP contribution in [0, 0.1) is 0 Å². The Morgan fingerprint density at radius 2 is 1.81 bits per heavy atom. The van der Waals surface area contributed by atoms with E-state index in [0.29, 0.717) is 22.9 Å². The summed E-state index contributed by atoms with van der Waals surface area (Å²) in [5, 5.41) is 3.52. The van der Waals surface area contributed by atoms with Crippen molar-refractivity contribution in [2.45, 2.75) is 6.54 Å². The molecule has 27 heavy (non-hydrogen) atoms. The molecule has 1 amide bonds. The van der Waals surface area contributed by atoms with Gasteiger partial charge in [0.1, 0.15) is 0 Å². The number of aromatic nitrogens is 3. The Bertz CT molecular complexity index is 1050. The molecule has 134 valence electrons. The van der Waals surface area contributed by atoms with Gasteiger partial charge in [-0.3, -0.25) is 4.79 Å². The lowest BCUT2D eigenvalue weighted by atomic mass is 10.2. The van der Waals surface area contributed by atoms with Gasteiger partial charge < -0.3 is 14.5 Å². The summed E-state index contributed by atoms with van der Waals surface area (Å²) in [4.78, 5) is 16.7. The minimum Gasteiger partial charge on any atom is -0.331 e. The maximum atomic E-state index is 12.4. The molecular formula is C21H17ClN4O. The summed E-state index contributed by atoms with van der Waals surface area (Å²) in [5.74, 6) is 0.318. The van der Waals surface area contributed by atoms with Crippen molar-refractivity contribution < 1.29 is 4.79 Å². The van der Waals surface area contributed by atoms with Gasteiger partial charge in [-0.05, 0) is 54.1 Å². The van der Waals surface area contributed by atoms with Gasteiger partial charge in [-0.15, -0.1) is 0 Å². The molecule has 0 atom stereocenters. The summed E-state index contributed by atoms with van der Waals surface area (Å²) in [7, 11) is 0. The van der Waals surface area contributed by atoms with Gasteiger partial charge >= 0.3 is 0 Å². The zero-order chi connectivity index (χ0) is 18.6. The number of imidazole rings is 1. The zero-order valence-electron chi connectivity index (χ0n) is 14.4. The van der Waals surface area contributed by atoms with Gasteiger partial charge in [0.2, 0.25) is 0 Å². The Morgan fingerprint density at radius 1 is 1.04 bits per heavy atom. The van der Waals surface area contributed by atoms with Gasteiger partial charge in [0.15, 0.2) is 5.82 Å². The van der Waals surface area contributed by atoms with Crippen molar-refractivity contribution in [3.63, 3.8) is 0 Å². The quantitative estimate of drug-likeness (QED) is 0.552. The third kappa shape index (κ3) is 4.10. The molecule has 5 nitrogen and oxygen atoms in total. The molecule has 0 radical (unpaired) electrons. The predicted octanol–water partition coefficient (Wildman–Crippen LogP) is 4.63. The highest BCUT2D eigenvalue weighted by atomic mass is 35.5. The Labute approximate surface area is 161 Å². The lowest BCUT2D eigenvalue weighted by Crippen LogP contribution is -2.12. The summed E-state index contributed by atoms with van der Waals surface area (Å²) in [6, 6.07) is 19.0. The van der Waals surface area contributed by atoms with Crippen molar-refractivity contribution in [2.75, 3.05) is 5.32 Å². The van der Waals surface area contributed by atoms with E-state index in [1.807, 2.05) is 70.1 Å². The number of amides is 1. The van der Waals surface area contributed by atoms with Crippen LogP contribution in [0.2, 0.25) is 5.02 Å². The van der Waals surface area contributed by atoms with Gasteiger partial charge in [-0.2, -0.15) is 0 Å². The topological polar surface area (TPSA) is 51.9 Å². The molecule has 0 bridgehead atoms. The number of nitrogens with zero attached hydrogens (tertiary/aromatic N) is 3. The number of hydrogen-bond donors (Lipinski definition) is 1. The minimum absolute atomic E-state index is 0.193. The van der Waals surface area contributed by atoms with E-state index in [2.05, 4.69) is 10.3 Å². The second kappa shape index (κ2) is 7.51. The van der Waals surface area contributed by atoms with E-state index in [1.165, 1.54) is 0 Å². The number of carbonyl (C=O) groups excluding carboxylic acids is 1. The van der Waals surface area contributed by atoms with Crippen LogP contribution in [0.15, 0.2) is 85.6 Å². The number of halogens is 1. The van der Waals surface area contributed by atoms with E-state index in [9.17, 15) is 4.79 Å². The molecule has 0 fully saturated rings. The highest BCUT2D eigenvalue weighted by molar-refractivity contribution is 6.30. The van der Waals surface area contributed by atoms with E-state index in [4.69, 9.17) is 11.6 Å². The molecule has 0 aliphatic carbocycles. The normalized spacial score (nSPS) is 10.7. The molecule has 6 heteroatoms. The van der Waals surface area contributed by atoms with Crippen LogP contribution in [0.1, 0.15) is 15.9 Å². The molecule has 2 aromatic heterocycles. The highest BCUT2D eigenvalue weighted by Crippen LogP contribution is 2.14. The predicted molar refractivity (Wildman–Crippen MR) is 107 cm³/mol. The van der Waals surface area contributed by atoms with Crippen LogP contribution < -0.4 is 5.32 Å². The lowest BCUT2D eigenvalue weighted by Gasteiger charge is -2.05. The van der Waals surface area contributed by atoms with Gasteiger partial charge in [-0.1, -0.05) is 23.7 Å². The van der Waals surface area contributed by atoms with Gasteiger partial charge in [-0.25, -0.2) is 4.98 Å². The van der Waals surface area contributed by atoms with Crippen LogP contribution in [-0.4, -0.2) is 20.0 Å². The summed E-state index contributed by atoms with van der Waals surface area (Å²) < 4.78 is 3.88. The largest absolute Gasteiger partial charge is 0.331 e. The van der Waals surface area contributed by atoms with E-state index in [-0.39, 0.29) is 5.91 Å². The van der Waals surface area contributed by atoms with E-state index in [1.54, 1.807) is 24.7 Å². The third-order valence-corrected chi connectivity index (χ3v) is 4.40. The molecule has 4 aromatic rings. The maximum Gasteiger partial charge on any atom is 0.256 e. The van der Waals surface area contributed by atoms with Crippen LogP contribution in [0.5, 0.6) is 0 Å². The molecule has 0 aliphatic heterocycles. The van der Waals surface area contributed by atoms with Crippen LogP contribution in [0.25, 0.3) is 5.69 Å². The number of nitrogens with one attached hydrogen (secondary N) is 1. The van der Waals surface area contributed by atoms with Gasteiger partial charge in [0.05, 0.1) is 6.33 Å². The molecule has 2 aromatic carbocycles. The molecule has 0 aliphatic rings. The third-order valence-electron chi connectivity index (χ3n) is 4.16. The Balaban J connectivity index is 1.42. The summed E-state index contributed by atoms with van der Waals surface area (Å²) in [5.41, 5.74) is 2.65. The number of rotatable bonds is 5. The van der Waals surface area contributed by atoms with Crippen LogP contribution in [0.3, 0.4) is 0 Å². The first kappa shape index (κ1) is 17.1. The average Bonchev–Trinajstić information content (AvgIpc) is 3.34. The van der Waals surface area contributed by atoms with Gasteiger partial charge in [0.25, 0.3) is 5.91 Å². The number of benzene rings is 2. The van der Waals surface area contributed by atoms with Crippen molar-refractivity contribution in [1.82, 2.24) is 14.1 Å². The van der Waals surface area contributed by atoms with Crippen LogP contribution in [0.4, 0.5) is 5.82 Å². The van der Waals surface area contributed by atoms with Crippen molar-refractivity contribution in [1.29, 1.82) is 0 Å². The molecule has 2 heterocycles. The van der Waals surface area contributed by atoms with E-state index in [0.717, 1.165) is 11.3 Å². The standard InChI is InChI=1S/C21H17ClN4O/c22-18-5-3-4-16(12-18)13-25-14-20(23-15-25)24-21(27)17-6-8-19(9-7-17)26-10-1-2-11-26/h1-12,14-15H,13H2,(H,24,27). The van der Waals surface area contributed by atoms with Crippen molar-refractivity contribution in [3.8, 4) is 5.69 Å². The second-order valence-electron chi connectivity index (χ2n) is 6.15. The molecule has 4 rings (SSSR count). The number of anilines is 1. The maximum absolute atomic E-state index is 12.4. The molecular weight excluding hydrogens is 360 g/mol. The zero-order valence-corrected chi connectivity index (χ0v) is 15.2. The minimum atomic E-state index is -0.193. The molecule has 0 saturated heterocycles. The smallest absolute Gasteiger partial charge is 0.256 e. The fourth-order valence-corrected chi connectivity index (χ4v) is 3.05. The first-order valence-corrected chi connectivity index (χ1v) is 8.86. The Hall–Kier alpha value is -3.31. The van der Waals surface area contributed by atoms with Crippen molar-refractivity contribution >= 4 is 23.3 Å². The molecule has 0 unspecified atom stereocenters. The number of carbonyl (C=O) groups is 1. The van der Waals surface area contributed by atoms with Crippen LogP contribution in [-0.2, 0) is 6.54 Å². The Kier molecular flexibility index (Phi) is 4.77. The Morgan fingerprint density at radius 3 is 2.56 bits per heavy atom. The number of hydrogen-bond acceptors (Lipinski definition) is 2. The lowest BCUT2D eigenvalue weighted by molar-refractivity contribution is 0.102. The fourth-order valence-electron chi connectivity index (χ4n) is 2.84. The summed E-state index contributed by atoms with van der Waals surface area (Å²) >= 11 is 6.01. The second-order valence-corrected chi connectivity index (χ2v) is 6.59. The first-order chi connectivity index (χ1) is 13.2. The van der Waals surface area contributed by atoms with E-state index < -0.39 is 0 Å². The monoisotopic (exact) mass is 376 g/mol. The summed E-state index contributed by atoms with van der Waals surface area (Å²) in [6.07, 6.45) is 7.40.